The first-order valence-corrected chi connectivity index (χ1v) is 19.7. The van der Waals surface area contributed by atoms with Crippen LogP contribution in [0.5, 0.6) is 5.75 Å². The molecule has 0 aliphatic carbocycles. The van der Waals surface area contributed by atoms with Gasteiger partial charge in [-0.2, -0.15) is 21.4 Å². The molecule has 0 fully saturated rings. The lowest BCUT2D eigenvalue weighted by molar-refractivity contribution is -0.677. The SMILES string of the molecule is CCC(/C=C1\Oc2ccc(-c3ccco3)cc2N1CCCS(=O)(=O)O)=C\c1oc2ccc(-n3ccc4ccccc43)cc2[n+]1CCCS(=O)(=O)O. The molecule has 12 nitrogen and oxygen atoms in total. The molecule has 0 atom stereocenters. The number of ether oxygens (including phenoxy) is 1. The van der Waals surface area contributed by atoms with Crippen LogP contribution in [0.2, 0.25) is 0 Å². The molecule has 0 spiro atoms. The van der Waals surface area contributed by atoms with Gasteiger partial charge >= 0.3 is 5.89 Å². The van der Waals surface area contributed by atoms with E-state index in [-0.39, 0.29) is 25.9 Å². The van der Waals surface area contributed by atoms with E-state index in [1.165, 1.54) is 0 Å². The van der Waals surface area contributed by atoms with E-state index in [1.54, 1.807) is 12.3 Å². The number of para-hydroxylation sites is 1. The molecule has 6 aromatic rings. The summed E-state index contributed by atoms with van der Waals surface area (Å²) in [6.07, 6.45) is 8.15. The fourth-order valence-electron chi connectivity index (χ4n) is 6.29. The van der Waals surface area contributed by atoms with Crippen LogP contribution in [0.25, 0.3) is 45.1 Å². The summed E-state index contributed by atoms with van der Waals surface area (Å²) < 4.78 is 87.5. The van der Waals surface area contributed by atoms with Crippen molar-refractivity contribution in [2.75, 3.05) is 23.0 Å². The molecular weight excluding hydrogens is 695 g/mol. The van der Waals surface area contributed by atoms with E-state index in [2.05, 4.69) is 4.57 Å². The summed E-state index contributed by atoms with van der Waals surface area (Å²) in [5.74, 6) is 1.35. The van der Waals surface area contributed by atoms with Gasteiger partial charge in [0.25, 0.3) is 25.8 Å². The van der Waals surface area contributed by atoms with Gasteiger partial charge < -0.3 is 23.0 Å². The van der Waals surface area contributed by atoms with E-state index in [0.29, 0.717) is 35.3 Å². The zero-order valence-electron chi connectivity index (χ0n) is 27.7. The lowest BCUT2D eigenvalue weighted by Crippen LogP contribution is -2.36. The van der Waals surface area contributed by atoms with E-state index in [4.69, 9.17) is 13.6 Å². The van der Waals surface area contributed by atoms with Gasteiger partial charge in [0.15, 0.2) is 12.3 Å². The van der Waals surface area contributed by atoms with Crippen LogP contribution in [-0.4, -0.2) is 48.6 Å². The minimum absolute atomic E-state index is 0.144. The number of nitrogens with zero attached hydrogens (tertiary/aromatic N) is 3. The van der Waals surface area contributed by atoms with Crippen LogP contribution in [-0.2, 0) is 26.8 Å². The highest BCUT2D eigenvalue weighted by Gasteiger charge is 2.29. The van der Waals surface area contributed by atoms with Crippen LogP contribution in [0.15, 0.2) is 118 Å². The van der Waals surface area contributed by atoms with Crippen molar-refractivity contribution in [3.63, 3.8) is 0 Å². The first-order chi connectivity index (χ1) is 24.5. The minimum atomic E-state index is -4.18. The number of aromatic nitrogens is 2. The second-order valence-corrected chi connectivity index (χ2v) is 15.4. The molecule has 4 heterocycles. The number of hydrogen-bond acceptors (Lipinski definition) is 8. The number of aryl methyl sites for hydroxylation is 1. The van der Waals surface area contributed by atoms with Crippen LogP contribution in [0, 0.1) is 0 Å². The molecule has 2 N–H and O–H groups in total. The zero-order valence-corrected chi connectivity index (χ0v) is 29.3. The third-order valence-corrected chi connectivity index (χ3v) is 10.3. The standard InChI is InChI=1S/C37H35N3O9S2/c1-2-26(22-36-39(16-6-20-50(41,42)43)31-24-28(11-13-34(31)48-36)33-10-5-19-47-33)23-37-40(17-7-21-51(44,45)46)32-25-29(12-14-35(32)49-37)38-18-15-27-8-3-4-9-30(27)38/h3-5,8-15,18-19,22-25H,2,6-7,16-17,20-21H2,1H3,(H-,41,42,43,44,45,46)/p+1. The monoisotopic (exact) mass is 730 g/mol. The third-order valence-electron chi connectivity index (χ3n) is 8.72. The van der Waals surface area contributed by atoms with Crippen molar-refractivity contribution in [2.24, 2.45) is 0 Å². The molecule has 7 rings (SSSR count). The normalized spacial score (nSPS) is 14.5. The Kier molecular flexibility index (Phi) is 9.33. The van der Waals surface area contributed by atoms with Crippen LogP contribution >= 0.6 is 0 Å². The number of anilines is 1. The van der Waals surface area contributed by atoms with Crippen molar-refractivity contribution in [3.8, 4) is 22.8 Å². The third kappa shape index (κ3) is 7.64. The Balaban J connectivity index is 1.28. The fourth-order valence-corrected chi connectivity index (χ4v) is 7.28. The first kappa shape index (κ1) is 34.3. The van der Waals surface area contributed by atoms with Crippen molar-refractivity contribution >= 4 is 54.0 Å². The van der Waals surface area contributed by atoms with E-state index in [0.717, 1.165) is 38.9 Å². The van der Waals surface area contributed by atoms with Gasteiger partial charge in [0.1, 0.15) is 5.76 Å². The van der Waals surface area contributed by atoms with Gasteiger partial charge in [-0.15, -0.1) is 0 Å². The molecule has 51 heavy (non-hydrogen) atoms. The highest BCUT2D eigenvalue weighted by Crippen LogP contribution is 2.42. The molecule has 14 heteroatoms. The van der Waals surface area contributed by atoms with Crippen LogP contribution in [0.3, 0.4) is 0 Å². The second kappa shape index (κ2) is 13.9. The van der Waals surface area contributed by atoms with Crippen molar-refractivity contribution < 1.29 is 44.1 Å². The van der Waals surface area contributed by atoms with E-state index in [1.807, 2.05) is 108 Å². The summed E-state index contributed by atoms with van der Waals surface area (Å²) in [7, 11) is -8.35. The summed E-state index contributed by atoms with van der Waals surface area (Å²) in [6.45, 7) is 2.47. The Hall–Kier alpha value is -5.15. The molecular formula is C37H36N3O9S2+. The number of fused-ring (bicyclic) bond motifs is 3. The van der Waals surface area contributed by atoms with Crippen LogP contribution in [0.1, 0.15) is 32.1 Å². The number of allylic oxidation sites excluding steroid dienone is 2. The van der Waals surface area contributed by atoms with Gasteiger partial charge in [-0.05, 0) is 78.4 Å². The molecule has 1 aliphatic rings. The lowest BCUT2D eigenvalue weighted by atomic mass is 10.1. The average Bonchev–Trinajstić information content (AvgIpc) is 3.89. The Bertz CT molecular complexity index is 2510. The highest BCUT2D eigenvalue weighted by atomic mass is 32.2. The smallest absolute Gasteiger partial charge is 0.374 e. The number of benzene rings is 3. The molecule has 0 saturated carbocycles. The number of furan rings is 1. The average molecular weight is 731 g/mol. The lowest BCUT2D eigenvalue weighted by Gasteiger charge is -2.18. The summed E-state index contributed by atoms with van der Waals surface area (Å²) in [4.78, 5) is 1.86. The largest absolute Gasteiger partial charge is 0.464 e. The van der Waals surface area contributed by atoms with Crippen LogP contribution in [0.4, 0.5) is 5.69 Å². The summed E-state index contributed by atoms with van der Waals surface area (Å²) in [6, 6.07) is 25.2. The Labute approximate surface area is 295 Å². The Morgan fingerprint density at radius 3 is 2.47 bits per heavy atom. The maximum Gasteiger partial charge on any atom is 0.374 e. The molecule has 3 aromatic carbocycles. The molecule has 1 aliphatic heterocycles. The zero-order chi connectivity index (χ0) is 35.8. The Morgan fingerprint density at radius 2 is 1.71 bits per heavy atom. The van der Waals surface area contributed by atoms with Crippen molar-refractivity contribution in [3.05, 3.63) is 115 Å². The molecule has 3 aromatic heterocycles. The highest BCUT2D eigenvalue weighted by molar-refractivity contribution is 7.86. The Morgan fingerprint density at radius 1 is 0.902 bits per heavy atom. The molecule has 0 bridgehead atoms. The number of hydrogen-bond donors (Lipinski definition) is 2. The molecule has 0 radical (unpaired) electrons. The molecule has 0 saturated heterocycles. The predicted octanol–water partition coefficient (Wildman–Crippen LogP) is 7.01. The minimum Gasteiger partial charge on any atom is -0.464 e. The van der Waals surface area contributed by atoms with Gasteiger partial charge in [-0.1, -0.05) is 25.1 Å². The topological polar surface area (TPSA) is 156 Å². The van der Waals surface area contributed by atoms with Gasteiger partial charge in [-0.3, -0.25) is 9.11 Å². The predicted molar refractivity (Wildman–Crippen MR) is 194 cm³/mol. The van der Waals surface area contributed by atoms with Crippen molar-refractivity contribution in [1.82, 2.24) is 4.57 Å². The van der Waals surface area contributed by atoms with E-state index < -0.39 is 31.7 Å². The van der Waals surface area contributed by atoms with Gasteiger partial charge in [-0.25, -0.2) is 0 Å². The van der Waals surface area contributed by atoms with Crippen molar-refractivity contribution in [1.29, 1.82) is 0 Å². The van der Waals surface area contributed by atoms with Crippen LogP contribution < -0.4 is 14.2 Å². The summed E-state index contributed by atoms with van der Waals surface area (Å²) in [5, 5.41) is 1.09. The van der Waals surface area contributed by atoms with Gasteiger partial charge in [0.05, 0.1) is 40.7 Å². The van der Waals surface area contributed by atoms with Crippen molar-refractivity contribution in [2.45, 2.75) is 32.7 Å². The first-order valence-electron chi connectivity index (χ1n) is 16.4. The number of oxazole rings is 1. The maximum atomic E-state index is 11.6. The second-order valence-electron chi connectivity index (χ2n) is 12.2. The molecule has 264 valence electrons. The van der Waals surface area contributed by atoms with Gasteiger partial charge in [0, 0.05) is 36.9 Å². The summed E-state index contributed by atoms with van der Waals surface area (Å²) in [5.41, 5.74) is 5.62. The number of rotatable bonds is 13. The fraction of sp³-hybridized carbons (Fsp3) is 0.216. The molecule has 0 unspecified atom stereocenters. The van der Waals surface area contributed by atoms with E-state index >= 15 is 0 Å². The van der Waals surface area contributed by atoms with Gasteiger partial charge in [0.2, 0.25) is 11.5 Å². The quantitative estimate of drug-likeness (QED) is 0.0936. The molecule has 0 amide bonds. The summed E-state index contributed by atoms with van der Waals surface area (Å²) >= 11 is 0. The van der Waals surface area contributed by atoms with E-state index in [9.17, 15) is 25.9 Å². The maximum absolute atomic E-state index is 11.6.